The molecule has 0 radical (unpaired) electrons. The van der Waals surface area contributed by atoms with Crippen LogP contribution in [-0.2, 0) is 16.2 Å². The number of aryl methyl sites for hydroxylation is 1. The number of benzene rings is 2. The fourth-order valence-electron chi connectivity index (χ4n) is 3.43. The van der Waals surface area contributed by atoms with Crippen molar-refractivity contribution >= 4 is 10.0 Å². The van der Waals surface area contributed by atoms with Gasteiger partial charge in [0.2, 0.25) is 21.7 Å². The highest BCUT2D eigenvalue weighted by atomic mass is 32.2. The van der Waals surface area contributed by atoms with Gasteiger partial charge in [0.15, 0.2) is 0 Å². The SMILES string of the molecule is Cc1ccc(-c2noc(C3CCCN3S(=O)(=O)c3cccc(C(F)(F)F)c3)n2)cc1. The van der Waals surface area contributed by atoms with Gasteiger partial charge < -0.3 is 4.52 Å². The van der Waals surface area contributed by atoms with Crippen LogP contribution in [-0.4, -0.2) is 29.4 Å². The number of hydrogen-bond donors (Lipinski definition) is 0. The van der Waals surface area contributed by atoms with Gasteiger partial charge in [-0.15, -0.1) is 0 Å². The predicted octanol–water partition coefficient (Wildman–Crippen LogP) is 4.59. The molecule has 1 saturated heterocycles. The second kappa shape index (κ2) is 7.51. The highest BCUT2D eigenvalue weighted by molar-refractivity contribution is 7.89. The summed E-state index contributed by atoms with van der Waals surface area (Å²) in [5, 5.41) is 3.94. The lowest BCUT2D eigenvalue weighted by atomic mass is 10.1. The van der Waals surface area contributed by atoms with Gasteiger partial charge in [-0.2, -0.15) is 22.5 Å². The van der Waals surface area contributed by atoms with Crippen LogP contribution in [0.2, 0.25) is 0 Å². The molecule has 6 nitrogen and oxygen atoms in total. The summed E-state index contributed by atoms with van der Waals surface area (Å²) in [7, 11) is -4.17. The summed E-state index contributed by atoms with van der Waals surface area (Å²) >= 11 is 0. The van der Waals surface area contributed by atoms with E-state index in [0.29, 0.717) is 24.7 Å². The Hall–Kier alpha value is -2.72. The molecule has 30 heavy (non-hydrogen) atoms. The van der Waals surface area contributed by atoms with Crippen LogP contribution in [0.5, 0.6) is 0 Å². The van der Waals surface area contributed by atoms with Crippen LogP contribution in [0.1, 0.15) is 35.9 Å². The van der Waals surface area contributed by atoms with Crippen LogP contribution < -0.4 is 0 Å². The number of halogens is 3. The lowest BCUT2D eigenvalue weighted by molar-refractivity contribution is -0.137. The third kappa shape index (κ3) is 3.84. The fraction of sp³-hybridized carbons (Fsp3) is 0.300. The molecular formula is C20H18F3N3O3S. The van der Waals surface area contributed by atoms with Gasteiger partial charge >= 0.3 is 6.18 Å². The zero-order chi connectivity index (χ0) is 21.5. The first-order valence-corrected chi connectivity index (χ1v) is 10.7. The van der Waals surface area contributed by atoms with Crippen molar-refractivity contribution in [1.82, 2.24) is 14.4 Å². The topological polar surface area (TPSA) is 76.3 Å². The molecular weight excluding hydrogens is 419 g/mol. The molecule has 0 amide bonds. The molecule has 0 aliphatic carbocycles. The second-order valence-corrected chi connectivity index (χ2v) is 9.01. The molecule has 1 aliphatic rings. The molecule has 0 bridgehead atoms. The highest BCUT2D eigenvalue weighted by Gasteiger charge is 2.40. The lowest BCUT2D eigenvalue weighted by Gasteiger charge is -2.21. The Morgan fingerprint density at radius 2 is 1.87 bits per heavy atom. The summed E-state index contributed by atoms with van der Waals surface area (Å²) < 4.78 is 71.7. The molecule has 1 aliphatic heterocycles. The zero-order valence-corrected chi connectivity index (χ0v) is 16.7. The fourth-order valence-corrected chi connectivity index (χ4v) is 5.13. The molecule has 158 valence electrons. The maximum absolute atomic E-state index is 13.1. The van der Waals surface area contributed by atoms with E-state index >= 15 is 0 Å². The number of alkyl halides is 3. The Balaban J connectivity index is 1.65. The molecule has 1 atom stereocenters. The van der Waals surface area contributed by atoms with Crippen molar-refractivity contribution in [2.24, 2.45) is 0 Å². The summed E-state index contributed by atoms with van der Waals surface area (Å²) in [6, 6.07) is 10.5. The van der Waals surface area contributed by atoms with Gasteiger partial charge in [0, 0.05) is 12.1 Å². The smallest absolute Gasteiger partial charge is 0.337 e. The molecule has 0 N–H and O–H groups in total. The number of nitrogens with zero attached hydrogens (tertiary/aromatic N) is 3. The van der Waals surface area contributed by atoms with E-state index in [4.69, 9.17) is 4.52 Å². The van der Waals surface area contributed by atoms with Crippen LogP contribution in [0.25, 0.3) is 11.4 Å². The van der Waals surface area contributed by atoms with E-state index in [-0.39, 0.29) is 12.4 Å². The molecule has 4 rings (SSSR count). The van der Waals surface area contributed by atoms with Gasteiger partial charge in [0.25, 0.3) is 0 Å². The summed E-state index contributed by atoms with van der Waals surface area (Å²) in [6.07, 6.45) is -3.66. The maximum Gasteiger partial charge on any atom is 0.416 e. The third-order valence-corrected chi connectivity index (χ3v) is 6.91. The van der Waals surface area contributed by atoms with Crippen LogP contribution in [0.4, 0.5) is 13.2 Å². The van der Waals surface area contributed by atoms with E-state index in [1.165, 1.54) is 0 Å². The van der Waals surface area contributed by atoms with Crippen molar-refractivity contribution in [2.45, 2.75) is 36.9 Å². The lowest BCUT2D eigenvalue weighted by Crippen LogP contribution is -2.31. The Labute approximate surface area is 171 Å². The molecule has 3 aromatic rings. The van der Waals surface area contributed by atoms with Gasteiger partial charge in [-0.25, -0.2) is 8.42 Å². The van der Waals surface area contributed by atoms with Crippen LogP contribution in [0.3, 0.4) is 0 Å². The Kier molecular flexibility index (Phi) is 5.15. The van der Waals surface area contributed by atoms with Crippen molar-refractivity contribution < 1.29 is 26.1 Å². The average molecular weight is 437 g/mol. The standard InChI is InChI=1S/C20H18F3N3O3S/c1-13-7-9-14(10-8-13)18-24-19(29-25-18)17-6-3-11-26(17)30(27,28)16-5-2-4-15(12-16)20(21,22)23/h2,4-5,7-10,12,17H,3,6,11H2,1H3. The first-order valence-electron chi connectivity index (χ1n) is 9.26. The Morgan fingerprint density at radius 3 is 2.57 bits per heavy atom. The van der Waals surface area contributed by atoms with Gasteiger partial charge in [-0.1, -0.05) is 41.1 Å². The normalized spacial score (nSPS) is 18.1. The van der Waals surface area contributed by atoms with Gasteiger partial charge in [0.05, 0.1) is 10.5 Å². The van der Waals surface area contributed by atoms with Crippen molar-refractivity contribution in [3.05, 3.63) is 65.5 Å². The van der Waals surface area contributed by atoms with Crippen molar-refractivity contribution in [2.75, 3.05) is 6.54 Å². The minimum Gasteiger partial charge on any atom is -0.337 e. The van der Waals surface area contributed by atoms with E-state index in [0.717, 1.165) is 33.6 Å². The molecule has 2 aromatic carbocycles. The molecule has 1 aromatic heterocycles. The van der Waals surface area contributed by atoms with Crippen molar-refractivity contribution in [3.63, 3.8) is 0 Å². The van der Waals surface area contributed by atoms with E-state index in [2.05, 4.69) is 10.1 Å². The molecule has 2 heterocycles. The predicted molar refractivity (Wildman–Crippen MR) is 102 cm³/mol. The summed E-state index contributed by atoms with van der Waals surface area (Å²) in [4.78, 5) is 3.93. The Morgan fingerprint density at radius 1 is 1.13 bits per heavy atom. The van der Waals surface area contributed by atoms with E-state index < -0.39 is 32.7 Å². The number of rotatable bonds is 4. The number of sulfonamides is 1. The molecule has 1 unspecified atom stereocenters. The monoisotopic (exact) mass is 437 g/mol. The van der Waals surface area contributed by atoms with E-state index in [1.54, 1.807) is 0 Å². The summed E-state index contributed by atoms with van der Waals surface area (Å²) in [5.41, 5.74) is 0.774. The Bertz CT molecular complexity index is 1160. The number of aromatic nitrogens is 2. The van der Waals surface area contributed by atoms with Crippen molar-refractivity contribution in [3.8, 4) is 11.4 Å². The van der Waals surface area contributed by atoms with Gasteiger partial charge in [0.1, 0.15) is 6.04 Å². The largest absolute Gasteiger partial charge is 0.416 e. The van der Waals surface area contributed by atoms with E-state index in [1.807, 2.05) is 31.2 Å². The number of hydrogen-bond acceptors (Lipinski definition) is 5. The van der Waals surface area contributed by atoms with E-state index in [9.17, 15) is 21.6 Å². The van der Waals surface area contributed by atoms with Gasteiger partial charge in [-0.05, 0) is 38.0 Å². The molecule has 1 fully saturated rings. The first-order chi connectivity index (χ1) is 14.2. The molecule has 0 saturated carbocycles. The average Bonchev–Trinajstić information content (AvgIpc) is 3.38. The minimum atomic E-state index is -4.63. The highest BCUT2D eigenvalue weighted by Crippen LogP contribution is 2.38. The molecule has 0 spiro atoms. The van der Waals surface area contributed by atoms with Crippen LogP contribution >= 0.6 is 0 Å². The minimum absolute atomic E-state index is 0.124. The van der Waals surface area contributed by atoms with Crippen molar-refractivity contribution in [1.29, 1.82) is 0 Å². The second-order valence-electron chi connectivity index (χ2n) is 7.12. The molecule has 10 heteroatoms. The maximum atomic E-state index is 13.1. The van der Waals surface area contributed by atoms with Crippen LogP contribution in [0, 0.1) is 6.92 Å². The summed E-state index contributed by atoms with van der Waals surface area (Å²) in [6.45, 7) is 2.10. The quantitative estimate of drug-likeness (QED) is 0.597. The zero-order valence-electron chi connectivity index (χ0n) is 15.9. The summed E-state index contributed by atoms with van der Waals surface area (Å²) in [5.74, 6) is 0.451. The van der Waals surface area contributed by atoms with Gasteiger partial charge in [-0.3, -0.25) is 0 Å². The first kappa shape index (κ1) is 20.5. The van der Waals surface area contributed by atoms with Crippen LogP contribution in [0.15, 0.2) is 57.9 Å². The third-order valence-electron chi connectivity index (χ3n) is 5.01.